The molecule has 1 aliphatic rings. The second-order valence-corrected chi connectivity index (χ2v) is 9.30. The number of nitrogens with zero attached hydrogens (tertiary/aromatic N) is 2. The molecule has 0 radical (unpaired) electrons. The van der Waals surface area contributed by atoms with Crippen LogP contribution in [0.2, 0.25) is 4.34 Å². The van der Waals surface area contributed by atoms with E-state index in [9.17, 15) is 18.5 Å². The minimum Gasteiger partial charge on any atom is -0.258 e. The zero-order valence-corrected chi connectivity index (χ0v) is 14.2. The fourth-order valence-corrected chi connectivity index (χ4v) is 5.80. The lowest BCUT2D eigenvalue weighted by atomic mass is 9.87. The molecule has 0 N–H and O–H groups in total. The van der Waals surface area contributed by atoms with Crippen molar-refractivity contribution in [3.05, 3.63) is 20.5 Å². The van der Waals surface area contributed by atoms with E-state index >= 15 is 0 Å². The van der Waals surface area contributed by atoms with Crippen molar-refractivity contribution < 1.29 is 13.3 Å². The van der Waals surface area contributed by atoms with Gasteiger partial charge in [-0.15, -0.1) is 11.3 Å². The Bertz CT molecular complexity index is 636. The summed E-state index contributed by atoms with van der Waals surface area (Å²) < 4.78 is 26.3. The molecule has 1 aromatic heterocycles. The Hall–Kier alpha value is -0.700. The standard InChI is InChI=1S/C12H17ClN2O4S2/c1-8-3-5-9(6-4-8)14(2)21(18,19)11-7-10(15(16)17)12(13)20-11/h7-9H,3-6H2,1-2H3. The molecule has 1 aliphatic carbocycles. The van der Waals surface area contributed by atoms with E-state index in [4.69, 9.17) is 11.6 Å². The molecule has 1 fully saturated rings. The molecule has 0 aliphatic heterocycles. The number of rotatable bonds is 4. The summed E-state index contributed by atoms with van der Waals surface area (Å²) in [5.41, 5.74) is -0.356. The number of thiophene rings is 1. The zero-order valence-electron chi connectivity index (χ0n) is 11.8. The lowest BCUT2D eigenvalue weighted by molar-refractivity contribution is -0.384. The van der Waals surface area contributed by atoms with Crippen molar-refractivity contribution in [3.8, 4) is 0 Å². The summed E-state index contributed by atoms with van der Waals surface area (Å²) >= 11 is 6.49. The maximum atomic E-state index is 12.6. The molecule has 1 aromatic rings. The van der Waals surface area contributed by atoms with E-state index in [1.54, 1.807) is 0 Å². The van der Waals surface area contributed by atoms with Crippen LogP contribution in [0.25, 0.3) is 0 Å². The molecule has 0 aromatic carbocycles. The highest BCUT2D eigenvalue weighted by Gasteiger charge is 2.33. The van der Waals surface area contributed by atoms with Crippen LogP contribution in [0.1, 0.15) is 32.6 Å². The van der Waals surface area contributed by atoms with Crippen LogP contribution in [0.5, 0.6) is 0 Å². The van der Waals surface area contributed by atoms with Crippen molar-refractivity contribution in [2.45, 2.75) is 42.9 Å². The van der Waals surface area contributed by atoms with E-state index < -0.39 is 14.9 Å². The van der Waals surface area contributed by atoms with Crippen LogP contribution in [0.4, 0.5) is 5.69 Å². The number of sulfonamides is 1. The van der Waals surface area contributed by atoms with Crippen molar-refractivity contribution in [3.63, 3.8) is 0 Å². The summed E-state index contributed by atoms with van der Waals surface area (Å²) in [6, 6.07) is 0.996. The molecule has 0 atom stereocenters. The van der Waals surface area contributed by atoms with Gasteiger partial charge in [0.15, 0.2) is 4.34 Å². The van der Waals surface area contributed by atoms with Gasteiger partial charge in [0.05, 0.1) is 4.92 Å². The van der Waals surface area contributed by atoms with Crippen molar-refractivity contribution in [1.82, 2.24) is 4.31 Å². The fourth-order valence-electron chi connectivity index (χ4n) is 2.53. The van der Waals surface area contributed by atoms with Crippen molar-refractivity contribution in [2.24, 2.45) is 5.92 Å². The molecule has 1 heterocycles. The Morgan fingerprint density at radius 3 is 2.43 bits per heavy atom. The van der Waals surface area contributed by atoms with Crippen LogP contribution in [0, 0.1) is 16.0 Å². The average Bonchev–Trinajstić information content (AvgIpc) is 2.82. The topological polar surface area (TPSA) is 80.5 Å². The fraction of sp³-hybridized carbons (Fsp3) is 0.667. The van der Waals surface area contributed by atoms with E-state index in [2.05, 4.69) is 6.92 Å². The summed E-state index contributed by atoms with van der Waals surface area (Å²) in [6.45, 7) is 2.16. The molecule has 9 heteroatoms. The zero-order chi connectivity index (χ0) is 15.8. The van der Waals surface area contributed by atoms with Crippen molar-refractivity contribution in [2.75, 3.05) is 7.05 Å². The molecule has 0 saturated heterocycles. The van der Waals surface area contributed by atoms with Gasteiger partial charge in [-0.3, -0.25) is 10.1 Å². The highest BCUT2D eigenvalue weighted by atomic mass is 35.5. The van der Waals surface area contributed by atoms with E-state index in [0.29, 0.717) is 5.92 Å². The van der Waals surface area contributed by atoms with Gasteiger partial charge in [-0.25, -0.2) is 8.42 Å². The molecule has 0 bridgehead atoms. The number of halogens is 1. The van der Waals surface area contributed by atoms with E-state index in [-0.39, 0.29) is 20.3 Å². The van der Waals surface area contributed by atoms with Gasteiger partial charge < -0.3 is 0 Å². The third kappa shape index (κ3) is 3.39. The maximum Gasteiger partial charge on any atom is 0.300 e. The minimum atomic E-state index is -3.73. The normalized spacial score (nSPS) is 23.4. The van der Waals surface area contributed by atoms with Crippen LogP contribution in [-0.2, 0) is 10.0 Å². The molecule has 0 unspecified atom stereocenters. The van der Waals surface area contributed by atoms with Gasteiger partial charge in [-0.05, 0) is 31.6 Å². The first kappa shape index (κ1) is 16.7. The summed E-state index contributed by atoms with van der Waals surface area (Å²) in [5, 5.41) is 10.8. The van der Waals surface area contributed by atoms with Gasteiger partial charge in [0.2, 0.25) is 0 Å². The van der Waals surface area contributed by atoms with Crippen LogP contribution in [0.15, 0.2) is 10.3 Å². The Morgan fingerprint density at radius 2 is 1.95 bits per heavy atom. The van der Waals surface area contributed by atoms with Gasteiger partial charge in [0.25, 0.3) is 15.7 Å². The number of hydrogen-bond donors (Lipinski definition) is 0. The predicted octanol–water partition coefficient (Wildman–Crippen LogP) is 3.51. The van der Waals surface area contributed by atoms with Gasteiger partial charge in [-0.2, -0.15) is 4.31 Å². The van der Waals surface area contributed by atoms with Crippen molar-refractivity contribution in [1.29, 1.82) is 0 Å². The molecule has 0 amide bonds. The van der Waals surface area contributed by atoms with Gasteiger partial charge in [-0.1, -0.05) is 18.5 Å². The van der Waals surface area contributed by atoms with E-state index in [1.807, 2.05) is 0 Å². The molecule has 0 spiro atoms. The molecule has 1 saturated carbocycles. The van der Waals surface area contributed by atoms with Crippen LogP contribution >= 0.6 is 22.9 Å². The summed E-state index contributed by atoms with van der Waals surface area (Å²) in [6.07, 6.45) is 3.63. The van der Waals surface area contributed by atoms with Gasteiger partial charge in [0.1, 0.15) is 4.21 Å². The first-order valence-electron chi connectivity index (χ1n) is 6.65. The first-order valence-corrected chi connectivity index (χ1v) is 9.28. The summed E-state index contributed by atoms with van der Waals surface area (Å²) in [5.74, 6) is 0.620. The molecular formula is C12H17ClN2O4S2. The third-order valence-corrected chi connectivity index (χ3v) is 7.67. The van der Waals surface area contributed by atoms with Crippen LogP contribution < -0.4 is 0 Å². The Labute approximate surface area is 132 Å². The largest absolute Gasteiger partial charge is 0.300 e. The second kappa shape index (κ2) is 6.20. The minimum absolute atomic E-state index is 0.0499. The summed E-state index contributed by atoms with van der Waals surface area (Å²) in [4.78, 5) is 10.1. The quantitative estimate of drug-likeness (QED) is 0.613. The highest BCUT2D eigenvalue weighted by Crippen LogP contribution is 2.38. The average molecular weight is 353 g/mol. The van der Waals surface area contributed by atoms with E-state index in [1.165, 1.54) is 11.4 Å². The Kier molecular flexibility index (Phi) is 4.92. The number of hydrogen-bond acceptors (Lipinski definition) is 5. The van der Waals surface area contributed by atoms with Crippen LogP contribution in [-0.4, -0.2) is 30.7 Å². The molecule has 21 heavy (non-hydrogen) atoms. The summed E-state index contributed by atoms with van der Waals surface area (Å²) in [7, 11) is -2.19. The molecule has 2 rings (SSSR count). The smallest absolute Gasteiger partial charge is 0.258 e. The van der Waals surface area contributed by atoms with Gasteiger partial charge in [0, 0.05) is 19.2 Å². The van der Waals surface area contributed by atoms with Crippen molar-refractivity contribution >= 4 is 38.6 Å². The van der Waals surface area contributed by atoms with Crippen LogP contribution in [0.3, 0.4) is 0 Å². The molecule has 6 nitrogen and oxygen atoms in total. The monoisotopic (exact) mass is 352 g/mol. The second-order valence-electron chi connectivity index (χ2n) is 5.42. The molecule has 118 valence electrons. The lowest BCUT2D eigenvalue weighted by Crippen LogP contribution is -2.38. The lowest BCUT2D eigenvalue weighted by Gasteiger charge is -2.32. The number of nitro groups is 1. The highest BCUT2D eigenvalue weighted by molar-refractivity contribution is 7.91. The Balaban J connectivity index is 2.25. The first-order chi connectivity index (χ1) is 9.73. The third-order valence-electron chi connectivity index (χ3n) is 3.98. The predicted molar refractivity (Wildman–Crippen MR) is 82.4 cm³/mol. The van der Waals surface area contributed by atoms with E-state index in [0.717, 1.165) is 43.1 Å². The van der Waals surface area contributed by atoms with Gasteiger partial charge >= 0.3 is 0 Å². The Morgan fingerprint density at radius 1 is 1.38 bits per heavy atom. The SMILES string of the molecule is CC1CCC(N(C)S(=O)(=O)c2cc([N+](=O)[O-])c(Cl)s2)CC1. The molecular weight excluding hydrogens is 336 g/mol. The maximum absolute atomic E-state index is 12.6.